The number of piperidine rings is 1. The molecule has 2 atom stereocenters. The highest BCUT2D eigenvalue weighted by atomic mass is 35.5. The van der Waals surface area contributed by atoms with Crippen molar-refractivity contribution >= 4 is 52.1 Å². The van der Waals surface area contributed by atoms with Crippen LogP contribution in [0.5, 0.6) is 0 Å². The van der Waals surface area contributed by atoms with Gasteiger partial charge in [0.2, 0.25) is 5.91 Å². The predicted molar refractivity (Wildman–Crippen MR) is 141 cm³/mol. The fraction of sp³-hybridized carbons (Fsp3) is 0.500. The van der Waals surface area contributed by atoms with E-state index in [1.807, 2.05) is 36.1 Å². The van der Waals surface area contributed by atoms with Crippen LogP contribution in [0.3, 0.4) is 0 Å². The molecule has 0 saturated carbocycles. The van der Waals surface area contributed by atoms with Gasteiger partial charge in [0.1, 0.15) is 0 Å². The molecule has 1 N–H and O–H groups in total. The molecule has 2 heterocycles. The van der Waals surface area contributed by atoms with E-state index in [2.05, 4.69) is 16.3 Å². The molecule has 0 aliphatic carbocycles. The smallest absolute Gasteiger partial charge is 0.225 e. The number of halogens is 3. The summed E-state index contributed by atoms with van der Waals surface area (Å²) in [6, 6.07) is 11.5. The van der Waals surface area contributed by atoms with Gasteiger partial charge in [-0.1, -0.05) is 40.9 Å². The zero-order chi connectivity index (χ0) is 24.2. The zero-order valence-corrected chi connectivity index (χ0v) is 22.0. The third-order valence-corrected chi connectivity index (χ3v) is 7.85. The molecule has 34 heavy (non-hydrogen) atoms. The number of anilines is 2. The minimum Gasteiger partial charge on any atom is -0.384 e. The first kappa shape index (κ1) is 25.4. The molecule has 1 unspecified atom stereocenters. The zero-order valence-electron chi connectivity index (χ0n) is 19.7. The van der Waals surface area contributed by atoms with E-state index < -0.39 is 0 Å². The summed E-state index contributed by atoms with van der Waals surface area (Å²) in [5.74, 6) is 0.888. The number of rotatable bonds is 7. The second kappa shape index (κ2) is 11.4. The Morgan fingerprint density at radius 3 is 2.53 bits per heavy atom. The third-order valence-electron chi connectivity index (χ3n) is 6.96. The number of ether oxygens (including phenoxy) is 1. The van der Waals surface area contributed by atoms with Crippen LogP contribution in [-0.2, 0) is 9.53 Å². The SMILES string of the molecule is COCC1CCN(C(=O)C2CCN(c3ccc(Cl)c(N[C@H](C)c4ccc(Cl)cc4Cl)c3)CC2)C1. The molecule has 0 bridgehead atoms. The molecule has 8 heteroatoms. The van der Waals surface area contributed by atoms with Gasteiger partial charge in [0, 0.05) is 60.9 Å². The molecular weight excluding hydrogens is 493 g/mol. The van der Waals surface area contributed by atoms with Gasteiger partial charge in [0.05, 0.1) is 23.4 Å². The minimum atomic E-state index is -0.0386. The average Bonchev–Trinajstić information content (AvgIpc) is 3.29. The van der Waals surface area contributed by atoms with Gasteiger partial charge in [-0.05, 0) is 62.1 Å². The van der Waals surface area contributed by atoms with Crippen molar-refractivity contribution in [1.82, 2.24) is 4.90 Å². The van der Waals surface area contributed by atoms with Crippen molar-refractivity contribution in [3.63, 3.8) is 0 Å². The van der Waals surface area contributed by atoms with Crippen molar-refractivity contribution in [3.05, 3.63) is 57.0 Å². The van der Waals surface area contributed by atoms with Gasteiger partial charge < -0.3 is 19.9 Å². The molecule has 2 fully saturated rings. The van der Waals surface area contributed by atoms with Gasteiger partial charge >= 0.3 is 0 Å². The van der Waals surface area contributed by atoms with E-state index in [1.165, 1.54) is 0 Å². The lowest BCUT2D eigenvalue weighted by atomic mass is 9.95. The summed E-state index contributed by atoms with van der Waals surface area (Å²) < 4.78 is 5.27. The van der Waals surface area contributed by atoms with Crippen LogP contribution in [-0.4, -0.2) is 50.7 Å². The number of hydrogen-bond donors (Lipinski definition) is 1. The Hall–Kier alpha value is -1.66. The number of hydrogen-bond acceptors (Lipinski definition) is 4. The molecule has 184 valence electrons. The highest BCUT2D eigenvalue weighted by Crippen LogP contribution is 2.35. The molecular formula is C26H32Cl3N3O2. The fourth-order valence-corrected chi connectivity index (χ4v) is 5.78. The van der Waals surface area contributed by atoms with Gasteiger partial charge in [0.25, 0.3) is 0 Å². The first-order valence-electron chi connectivity index (χ1n) is 11.9. The normalized spacial score (nSPS) is 20.0. The van der Waals surface area contributed by atoms with Crippen LogP contribution in [0.1, 0.15) is 37.8 Å². The van der Waals surface area contributed by atoms with Crippen molar-refractivity contribution < 1.29 is 9.53 Å². The number of amides is 1. The largest absolute Gasteiger partial charge is 0.384 e. The second-order valence-electron chi connectivity index (χ2n) is 9.35. The molecule has 2 saturated heterocycles. The summed E-state index contributed by atoms with van der Waals surface area (Å²) in [5.41, 5.74) is 2.92. The number of methoxy groups -OCH3 is 1. The monoisotopic (exact) mass is 523 g/mol. The van der Waals surface area contributed by atoms with Gasteiger partial charge in [0.15, 0.2) is 0 Å². The summed E-state index contributed by atoms with van der Waals surface area (Å²) in [5, 5.41) is 5.38. The Kier molecular flexibility index (Phi) is 8.52. The summed E-state index contributed by atoms with van der Waals surface area (Å²) in [4.78, 5) is 17.4. The maximum atomic E-state index is 13.0. The summed E-state index contributed by atoms with van der Waals surface area (Å²) in [6.07, 6.45) is 2.78. The van der Waals surface area contributed by atoms with E-state index in [0.717, 1.165) is 69.0 Å². The molecule has 2 aliphatic rings. The molecule has 0 spiro atoms. The second-order valence-corrected chi connectivity index (χ2v) is 10.6. The molecule has 0 aromatic heterocycles. The molecule has 2 aromatic rings. The molecule has 5 nitrogen and oxygen atoms in total. The molecule has 0 radical (unpaired) electrons. The van der Waals surface area contributed by atoms with Crippen molar-refractivity contribution in [2.45, 2.75) is 32.2 Å². The van der Waals surface area contributed by atoms with Crippen LogP contribution in [0.4, 0.5) is 11.4 Å². The maximum Gasteiger partial charge on any atom is 0.225 e. The van der Waals surface area contributed by atoms with E-state index in [4.69, 9.17) is 39.5 Å². The van der Waals surface area contributed by atoms with Crippen LogP contribution < -0.4 is 10.2 Å². The number of benzene rings is 2. The molecule has 4 rings (SSSR count). The highest BCUT2D eigenvalue weighted by molar-refractivity contribution is 6.35. The van der Waals surface area contributed by atoms with Crippen LogP contribution in [0.25, 0.3) is 0 Å². The van der Waals surface area contributed by atoms with E-state index >= 15 is 0 Å². The highest BCUT2D eigenvalue weighted by Gasteiger charge is 2.33. The van der Waals surface area contributed by atoms with Crippen LogP contribution >= 0.6 is 34.8 Å². The minimum absolute atomic E-state index is 0.0386. The van der Waals surface area contributed by atoms with E-state index in [0.29, 0.717) is 26.9 Å². The van der Waals surface area contributed by atoms with Gasteiger partial charge in [-0.25, -0.2) is 0 Å². The third kappa shape index (κ3) is 5.93. The van der Waals surface area contributed by atoms with Crippen LogP contribution in [0, 0.1) is 11.8 Å². The van der Waals surface area contributed by atoms with E-state index in [1.54, 1.807) is 13.2 Å². The van der Waals surface area contributed by atoms with Crippen molar-refractivity contribution in [1.29, 1.82) is 0 Å². The lowest BCUT2D eigenvalue weighted by Gasteiger charge is -2.35. The Bertz CT molecular complexity index is 1010. The summed E-state index contributed by atoms with van der Waals surface area (Å²) in [7, 11) is 1.73. The first-order chi connectivity index (χ1) is 16.4. The standard InChI is InChI=1S/C26H32Cl3N3O2/c1-17(22-5-3-20(27)13-24(22)29)30-25-14-21(4-6-23(25)28)31-11-8-19(9-12-31)26(33)32-10-7-18(15-32)16-34-2/h3-6,13-14,17-19,30H,7-12,15-16H2,1-2H3/t17-,18?/m1/s1. The topological polar surface area (TPSA) is 44.8 Å². The number of carbonyl (C=O) groups excluding carboxylic acids is 1. The number of nitrogens with zero attached hydrogens (tertiary/aromatic N) is 2. The lowest BCUT2D eigenvalue weighted by molar-refractivity contribution is -0.135. The lowest BCUT2D eigenvalue weighted by Crippen LogP contribution is -2.42. The Balaban J connectivity index is 1.36. The first-order valence-corrected chi connectivity index (χ1v) is 13.0. The van der Waals surface area contributed by atoms with Crippen molar-refractivity contribution in [3.8, 4) is 0 Å². The molecule has 1 amide bonds. The van der Waals surface area contributed by atoms with E-state index in [9.17, 15) is 4.79 Å². The van der Waals surface area contributed by atoms with Gasteiger partial charge in [-0.2, -0.15) is 0 Å². The Morgan fingerprint density at radius 2 is 1.82 bits per heavy atom. The van der Waals surface area contributed by atoms with Gasteiger partial charge in [-0.15, -0.1) is 0 Å². The number of carbonyl (C=O) groups is 1. The molecule has 2 aliphatic heterocycles. The van der Waals surface area contributed by atoms with Crippen LogP contribution in [0.2, 0.25) is 15.1 Å². The summed E-state index contributed by atoms with van der Waals surface area (Å²) >= 11 is 18.9. The average molecular weight is 525 g/mol. The van der Waals surface area contributed by atoms with E-state index in [-0.39, 0.29) is 12.0 Å². The van der Waals surface area contributed by atoms with Crippen molar-refractivity contribution in [2.75, 3.05) is 50.1 Å². The van der Waals surface area contributed by atoms with Crippen LogP contribution in [0.15, 0.2) is 36.4 Å². The Labute approximate surface area is 217 Å². The fourth-order valence-electron chi connectivity index (χ4n) is 5.03. The summed E-state index contributed by atoms with van der Waals surface area (Å²) in [6.45, 7) is 6.17. The van der Waals surface area contributed by atoms with Crippen molar-refractivity contribution in [2.24, 2.45) is 11.8 Å². The predicted octanol–water partition coefficient (Wildman–Crippen LogP) is 6.53. The number of likely N-dealkylation sites (tertiary alicyclic amines) is 1. The molecule has 2 aromatic carbocycles. The Morgan fingerprint density at radius 1 is 1.06 bits per heavy atom. The maximum absolute atomic E-state index is 13.0. The van der Waals surface area contributed by atoms with Gasteiger partial charge in [-0.3, -0.25) is 4.79 Å². The number of nitrogens with one attached hydrogen (secondary N) is 1. The quantitative estimate of drug-likeness (QED) is 0.447.